The third-order valence-electron chi connectivity index (χ3n) is 1.91. The molecule has 0 radical (unpaired) electrons. The molecule has 0 atom stereocenters. The first-order valence-corrected chi connectivity index (χ1v) is 3.67. The molecule has 0 saturated carbocycles. The molecule has 0 aromatic carbocycles. The van der Waals surface area contributed by atoms with E-state index in [2.05, 4.69) is 4.98 Å². The third-order valence-corrected chi connectivity index (χ3v) is 1.91. The number of pyridine rings is 1. The number of hydrogen-bond acceptors (Lipinski definition) is 2. The predicted octanol–water partition coefficient (Wildman–Crippen LogP) is 1.11. The van der Waals surface area contributed by atoms with Gasteiger partial charge in [0.2, 0.25) is 0 Å². The van der Waals surface area contributed by atoms with Crippen molar-refractivity contribution in [3.63, 3.8) is 0 Å². The van der Waals surface area contributed by atoms with Crippen molar-refractivity contribution in [3.05, 3.63) is 35.7 Å². The molecular formula is C9H7NO2. The lowest BCUT2D eigenvalue weighted by atomic mass is 10.1. The van der Waals surface area contributed by atoms with Crippen molar-refractivity contribution < 1.29 is 9.90 Å². The van der Waals surface area contributed by atoms with Crippen LogP contribution < -0.4 is 0 Å². The number of rotatable bonds is 1. The highest BCUT2D eigenvalue weighted by Gasteiger charge is 2.19. The summed E-state index contributed by atoms with van der Waals surface area (Å²) in [6.45, 7) is 0. The minimum absolute atomic E-state index is 0.373. The van der Waals surface area contributed by atoms with Crippen molar-refractivity contribution in [2.45, 2.75) is 6.42 Å². The van der Waals surface area contributed by atoms with Crippen LogP contribution in [-0.4, -0.2) is 16.1 Å². The SMILES string of the molecule is O=C(O)C1=CCc2ncccc21. The molecule has 0 amide bonds. The molecule has 0 bridgehead atoms. The van der Waals surface area contributed by atoms with Gasteiger partial charge in [0.05, 0.1) is 11.3 Å². The van der Waals surface area contributed by atoms with Crippen LogP contribution in [-0.2, 0) is 11.2 Å². The van der Waals surface area contributed by atoms with Gasteiger partial charge < -0.3 is 5.11 Å². The molecule has 2 rings (SSSR count). The first-order valence-electron chi connectivity index (χ1n) is 3.67. The van der Waals surface area contributed by atoms with Gasteiger partial charge in [-0.1, -0.05) is 12.1 Å². The van der Waals surface area contributed by atoms with Gasteiger partial charge in [0.25, 0.3) is 0 Å². The van der Waals surface area contributed by atoms with Crippen molar-refractivity contribution >= 4 is 11.5 Å². The Morgan fingerprint density at radius 2 is 2.42 bits per heavy atom. The first kappa shape index (κ1) is 7.03. The number of fused-ring (bicyclic) bond motifs is 1. The number of nitrogens with zero attached hydrogens (tertiary/aromatic N) is 1. The summed E-state index contributed by atoms with van der Waals surface area (Å²) in [5.41, 5.74) is 1.98. The number of aliphatic carboxylic acids is 1. The number of aromatic nitrogens is 1. The van der Waals surface area contributed by atoms with Gasteiger partial charge in [-0.2, -0.15) is 0 Å². The quantitative estimate of drug-likeness (QED) is 0.671. The second-order valence-electron chi connectivity index (χ2n) is 2.62. The highest BCUT2D eigenvalue weighted by molar-refractivity contribution is 6.16. The molecular weight excluding hydrogens is 154 g/mol. The molecule has 1 aromatic rings. The average molecular weight is 161 g/mol. The smallest absolute Gasteiger partial charge is 0.336 e. The molecule has 3 nitrogen and oxygen atoms in total. The van der Waals surface area contributed by atoms with Gasteiger partial charge in [0, 0.05) is 18.2 Å². The number of hydrogen-bond donors (Lipinski definition) is 1. The van der Waals surface area contributed by atoms with E-state index in [1.165, 1.54) is 0 Å². The number of carboxylic acids is 1. The molecule has 0 unspecified atom stereocenters. The summed E-state index contributed by atoms with van der Waals surface area (Å²) in [7, 11) is 0. The van der Waals surface area contributed by atoms with Gasteiger partial charge in [0.1, 0.15) is 0 Å². The molecule has 3 heteroatoms. The maximum atomic E-state index is 10.7. The minimum Gasteiger partial charge on any atom is -0.478 e. The van der Waals surface area contributed by atoms with Crippen LogP contribution in [0.5, 0.6) is 0 Å². The second kappa shape index (κ2) is 2.44. The van der Waals surface area contributed by atoms with E-state index in [4.69, 9.17) is 5.11 Å². The molecule has 60 valence electrons. The standard InChI is InChI=1S/C9H7NO2/c11-9(12)7-3-4-8-6(7)2-1-5-10-8/h1-3,5H,4H2,(H,11,12). The van der Waals surface area contributed by atoms with Gasteiger partial charge >= 0.3 is 5.97 Å². The summed E-state index contributed by atoms with van der Waals surface area (Å²) in [5.74, 6) is -0.873. The van der Waals surface area contributed by atoms with E-state index in [0.29, 0.717) is 12.0 Å². The number of allylic oxidation sites excluding steroid dienone is 1. The number of carbonyl (C=O) groups is 1. The molecule has 0 fully saturated rings. The van der Waals surface area contributed by atoms with Crippen LogP contribution in [0.15, 0.2) is 24.4 Å². The summed E-state index contributed by atoms with van der Waals surface area (Å²) in [4.78, 5) is 14.7. The predicted molar refractivity (Wildman–Crippen MR) is 43.6 cm³/mol. The van der Waals surface area contributed by atoms with Gasteiger partial charge in [-0.05, 0) is 6.07 Å². The molecule has 1 N–H and O–H groups in total. The Kier molecular flexibility index (Phi) is 1.43. The molecule has 1 heterocycles. The summed E-state index contributed by atoms with van der Waals surface area (Å²) in [5, 5.41) is 8.76. The number of carboxylic acid groups (broad SMARTS) is 1. The van der Waals surface area contributed by atoms with E-state index in [0.717, 1.165) is 11.3 Å². The van der Waals surface area contributed by atoms with E-state index in [1.807, 2.05) is 0 Å². The van der Waals surface area contributed by atoms with Crippen molar-refractivity contribution in [2.24, 2.45) is 0 Å². The molecule has 0 aliphatic heterocycles. The Morgan fingerprint density at radius 1 is 1.58 bits per heavy atom. The van der Waals surface area contributed by atoms with Crippen molar-refractivity contribution in [1.29, 1.82) is 0 Å². The van der Waals surface area contributed by atoms with E-state index < -0.39 is 5.97 Å². The zero-order valence-electron chi connectivity index (χ0n) is 6.32. The lowest BCUT2D eigenvalue weighted by Gasteiger charge is -1.98. The van der Waals surface area contributed by atoms with Crippen LogP contribution in [0.3, 0.4) is 0 Å². The Morgan fingerprint density at radius 3 is 3.17 bits per heavy atom. The van der Waals surface area contributed by atoms with Crippen LogP contribution in [0, 0.1) is 0 Å². The Labute approximate surface area is 69.4 Å². The fraction of sp³-hybridized carbons (Fsp3) is 0.111. The lowest BCUT2D eigenvalue weighted by Crippen LogP contribution is -1.98. The van der Waals surface area contributed by atoms with Gasteiger partial charge in [-0.25, -0.2) is 4.79 Å². The molecule has 1 aromatic heterocycles. The zero-order valence-corrected chi connectivity index (χ0v) is 6.32. The van der Waals surface area contributed by atoms with Gasteiger partial charge in [-0.3, -0.25) is 4.98 Å². The van der Waals surface area contributed by atoms with Crippen LogP contribution in [0.25, 0.3) is 5.57 Å². The summed E-state index contributed by atoms with van der Waals surface area (Å²) >= 11 is 0. The van der Waals surface area contributed by atoms with Crippen LogP contribution in [0.4, 0.5) is 0 Å². The highest BCUT2D eigenvalue weighted by Crippen LogP contribution is 2.24. The summed E-state index contributed by atoms with van der Waals surface area (Å²) in [6, 6.07) is 3.54. The monoisotopic (exact) mass is 161 g/mol. The van der Waals surface area contributed by atoms with Crippen LogP contribution in [0.2, 0.25) is 0 Å². The molecule has 0 saturated heterocycles. The maximum Gasteiger partial charge on any atom is 0.336 e. The minimum atomic E-state index is -0.873. The fourth-order valence-corrected chi connectivity index (χ4v) is 1.36. The van der Waals surface area contributed by atoms with Gasteiger partial charge in [-0.15, -0.1) is 0 Å². The van der Waals surface area contributed by atoms with E-state index in [-0.39, 0.29) is 0 Å². The summed E-state index contributed by atoms with van der Waals surface area (Å²) < 4.78 is 0. The topological polar surface area (TPSA) is 50.2 Å². The Bertz CT molecular complexity index is 369. The normalized spacial score (nSPS) is 13.8. The molecule has 1 aliphatic carbocycles. The molecule has 1 aliphatic rings. The molecule has 12 heavy (non-hydrogen) atoms. The van der Waals surface area contributed by atoms with Crippen molar-refractivity contribution in [2.75, 3.05) is 0 Å². The molecule has 0 spiro atoms. The van der Waals surface area contributed by atoms with Crippen molar-refractivity contribution in [1.82, 2.24) is 4.98 Å². The van der Waals surface area contributed by atoms with E-state index in [9.17, 15) is 4.79 Å². The highest BCUT2D eigenvalue weighted by atomic mass is 16.4. The first-order chi connectivity index (χ1) is 5.79. The van der Waals surface area contributed by atoms with Crippen LogP contribution >= 0.6 is 0 Å². The largest absolute Gasteiger partial charge is 0.478 e. The Balaban J connectivity index is 2.52. The zero-order chi connectivity index (χ0) is 8.55. The summed E-state index contributed by atoms with van der Waals surface area (Å²) in [6.07, 6.45) is 4.01. The second-order valence-corrected chi connectivity index (χ2v) is 2.62. The maximum absolute atomic E-state index is 10.7. The third kappa shape index (κ3) is 0.906. The fourth-order valence-electron chi connectivity index (χ4n) is 1.36. The van der Waals surface area contributed by atoms with Crippen molar-refractivity contribution in [3.8, 4) is 0 Å². The van der Waals surface area contributed by atoms with E-state index >= 15 is 0 Å². The van der Waals surface area contributed by atoms with Crippen LogP contribution in [0.1, 0.15) is 11.3 Å². The van der Waals surface area contributed by atoms with Gasteiger partial charge in [0.15, 0.2) is 0 Å². The van der Waals surface area contributed by atoms with E-state index in [1.54, 1.807) is 24.4 Å². The average Bonchev–Trinajstić information content (AvgIpc) is 2.47. The Hall–Kier alpha value is -1.64. The lowest BCUT2D eigenvalue weighted by molar-refractivity contribution is -0.130.